The summed E-state index contributed by atoms with van der Waals surface area (Å²) in [5, 5.41) is 7.19. The van der Waals surface area contributed by atoms with Crippen molar-refractivity contribution in [3.63, 3.8) is 0 Å². The Labute approximate surface area is 123 Å². The highest BCUT2D eigenvalue weighted by atomic mass is 127. The first-order valence-corrected chi connectivity index (χ1v) is 8.10. The van der Waals surface area contributed by atoms with Gasteiger partial charge in [-0.05, 0) is 85.1 Å². The number of rotatable bonds is 4. The van der Waals surface area contributed by atoms with Crippen molar-refractivity contribution in [2.45, 2.75) is 31.2 Å². The summed E-state index contributed by atoms with van der Waals surface area (Å²) < 4.78 is 1.33. The minimum atomic E-state index is 0.736. The Kier molecular flexibility index (Phi) is 4.21. The molecule has 1 aliphatic carbocycles. The molecule has 0 radical (unpaired) electrons. The van der Waals surface area contributed by atoms with Crippen LogP contribution in [0, 0.1) is 9.49 Å². The maximum Gasteiger partial charge on any atom is 0.0143 e. The molecule has 2 aliphatic rings. The van der Waals surface area contributed by atoms with Crippen LogP contribution in [0.25, 0.3) is 0 Å². The third-order valence-corrected chi connectivity index (χ3v) is 4.94. The monoisotopic (exact) mass is 356 g/mol. The average Bonchev–Trinajstić information content (AvgIpc) is 3.18. The molecule has 0 amide bonds. The zero-order chi connectivity index (χ0) is 12.4. The lowest BCUT2D eigenvalue weighted by Gasteiger charge is -2.22. The molecule has 98 valence electrons. The van der Waals surface area contributed by atoms with Gasteiger partial charge in [0.2, 0.25) is 0 Å². The lowest BCUT2D eigenvalue weighted by atomic mass is 9.98. The van der Waals surface area contributed by atoms with Crippen molar-refractivity contribution >= 4 is 22.6 Å². The highest BCUT2D eigenvalue weighted by molar-refractivity contribution is 14.1. The van der Waals surface area contributed by atoms with Gasteiger partial charge in [0.25, 0.3) is 0 Å². The topological polar surface area (TPSA) is 24.1 Å². The summed E-state index contributed by atoms with van der Waals surface area (Å²) in [6.07, 6.45) is 4.01. The van der Waals surface area contributed by atoms with Crippen LogP contribution in [-0.4, -0.2) is 25.7 Å². The van der Waals surface area contributed by atoms with Crippen LogP contribution < -0.4 is 10.6 Å². The van der Waals surface area contributed by atoms with E-state index in [1.807, 2.05) is 0 Å². The van der Waals surface area contributed by atoms with E-state index in [1.165, 1.54) is 48.0 Å². The quantitative estimate of drug-likeness (QED) is 0.811. The van der Waals surface area contributed by atoms with E-state index in [-0.39, 0.29) is 0 Å². The maximum absolute atomic E-state index is 3.76. The minimum Gasteiger partial charge on any atom is -0.317 e. The minimum absolute atomic E-state index is 0.736. The Bertz CT molecular complexity index is 384. The lowest BCUT2D eigenvalue weighted by Crippen LogP contribution is -2.34. The van der Waals surface area contributed by atoms with E-state index in [9.17, 15) is 0 Å². The molecule has 2 atom stereocenters. The van der Waals surface area contributed by atoms with Crippen molar-refractivity contribution in [1.29, 1.82) is 0 Å². The van der Waals surface area contributed by atoms with Crippen molar-refractivity contribution in [3.8, 4) is 0 Å². The van der Waals surface area contributed by atoms with Gasteiger partial charge in [0, 0.05) is 15.5 Å². The molecule has 3 rings (SSSR count). The molecule has 1 heterocycles. The van der Waals surface area contributed by atoms with E-state index >= 15 is 0 Å². The van der Waals surface area contributed by atoms with Crippen LogP contribution >= 0.6 is 22.6 Å². The Morgan fingerprint density at radius 2 is 1.89 bits per heavy atom. The second-order valence-corrected chi connectivity index (χ2v) is 6.85. The third-order valence-electron chi connectivity index (χ3n) is 4.22. The highest BCUT2D eigenvalue weighted by Gasteiger charge is 2.38. The van der Waals surface area contributed by atoms with E-state index in [0.717, 1.165) is 17.9 Å². The summed E-state index contributed by atoms with van der Waals surface area (Å²) in [5.41, 5.74) is 1.51. The Morgan fingerprint density at radius 1 is 1.17 bits per heavy atom. The number of piperidine rings is 1. The fourth-order valence-electron chi connectivity index (χ4n) is 2.90. The summed E-state index contributed by atoms with van der Waals surface area (Å²) in [4.78, 5) is 0. The molecular formula is C15H21IN2. The van der Waals surface area contributed by atoms with Crippen molar-refractivity contribution in [2.75, 3.05) is 19.6 Å². The summed E-state index contributed by atoms with van der Waals surface area (Å²) >= 11 is 2.37. The van der Waals surface area contributed by atoms with Crippen LogP contribution in [0.4, 0.5) is 0 Å². The lowest BCUT2D eigenvalue weighted by molar-refractivity contribution is 0.355. The molecule has 1 saturated heterocycles. The SMILES string of the molecule is Ic1ccc([C@@H]2C[C@H]2NCC2CCNCC2)cc1. The highest BCUT2D eigenvalue weighted by Crippen LogP contribution is 2.41. The molecule has 18 heavy (non-hydrogen) atoms. The first kappa shape index (κ1) is 12.9. The molecule has 1 aromatic carbocycles. The van der Waals surface area contributed by atoms with Crippen LogP contribution in [0.2, 0.25) is 0 Å². The third kappa shape index (κ3) is 3.25. The molecule has 0 unspecified atom stereocenters. The van der Waals surface area contributed by atoms with E-state index in [1.54, 1.807) is 0 Å². The average molecular weight is 356 g/mol. The van der Waals surface area contributed by atoms with E-state index in [0.29, 0.717) is 0 Å². The molecular weight excluding hydrogens is 335 g/mol. The summed E-state index contributed by atoms with van der Waals surface area (Å²) in [7, 11) is 0. The molecule has 3 heteroatoms. The van der Waals surface area contributed by atoms with Gasteiger partial charge in [-0.25, -0.2) is 0 Å². The van der Waals surface area contributed by atoms with E-state index in [2.05, 4.69) is 57.5 Å². The van der Waals surface area contributed by atoms with Crippen molar-refractivity contribution in [3.05, 3.63) is 33.4 Å². The van der Waals surface area contributed by atoms with E-state index in [4.69, 9.17) is 0 Å². The van der Waals surface area contributed by atoms with Crippen LogP contribution in [0.5, 0.6) is 0 Å². The van der Waals surface area contributed by atoms with Crippen molar-refractivity contribution in [2.24, 2.45) is 5.92 Å². The fraction of sp³-hybridized carbons (Fsp3) is 0.600. The Balaban J connectivity index is 1.45. The molecule has 2 N–H and O–H groups in total. The van der Waals surface area contributed by atoms with Gasteiger partial charge in [0.15, 0.2) is 0 Å². The largest absolute Gasteiger partial charge is 0.317 e. The molecule has 2 fully saturated rings. The zero-order valence-electron chi connectivity index (χ0n) is 10.7. The summed E-state index contributed by atoms with van der Waals surface area (Å²) in [5.74, 6) is 1.66. The summed E-state index contributed by atoms with van der Waals surface area (Å²) in [6.45, 7) is 3.63. The van der Waals surface area contributed by atoms with Crippen molar-refractivity contribution < 1.29 is 0 Å². The smallest absolute Gasteiger partial charge is 0.0143 e. The molecule has 2 nitrogen and oxygen atoms in total. The van der Waals surface area contributed by atoms with Gasteiger partial charge in [-0.1, -0.05) is 12.1 Å². The Morgan fingerprint density at radius 3 is 2.61 bits per heavy atom. The number of benzene rings is 1. The predicted octanol–water partition coefficient (Wildman–Crippen LogP) is 2.74. The number of halogens is 1. The second-order valence-electron chi connectivity index (χ2n) is 5.60. The van der Waals surface area contributed by atoms with Gasteiger partial charge in [0.05, 0.1) is 0 Å². The second kappa shape index (κ2) is 5.88. The van der Waals surface area contributed by atoms with Gasteiger partial charge in [-0.3, -0.25) is 0 Å². The maximum atomic E-state index is 3.76. The fourth-order valence-corrected chi connectivity index (χ4v) is 3.26. The van der Waals surface area contributed by atoms with Gasteiger partial charge >= 0.3 is 0 Å². The first-order valence-electron chi connectivity index (χ1n) is 7.02. The Hall–Kier alpha value is -0.130. The van der Waals surface area contributed by atoms with Crippen molar-refractivity contribution in [1.82, 2.24) is 10.6 Å². The van der Waals surface area contributed by atoms with Gasteiger partial charge in [0.1, 0.15) is 0 Å². The number of hydrogen-bond acceptors (Lipinski definition) is 2. The zero-order valence-corrected chi connectivity index (χ0v) is 12.8. The first-order chi connectivity index (χ1) is 8.83. The summed E-state index contributed by atoms with van der Waals surface area (Å²) in [6, 6.07) is 9.76. The van der Waals surface area contributed by atoms with Crippen LogP contribution in [-0.2, 0) is 0 Å². The van der Waals surface area contributed by atoms with Crippen LogP contribution in [0.3, 0.4) is 0 Å². The van der Waals surface area contributed by atoms with Crippen LogP contribution in [0.1, 0.15) is 30.7 Å². The molecule has 1 saturated carbocycles. The molecule has 0 aromatic heterocycles. The predicted molar refractivity (Wildman–Crippen MR) is 83.9 cm³/mol. The molecule has 1 aliphatic heterocycles. The molecule has 0 bridgehead atoms. The number of hydrogen-bond donors (Lipinski definition) is 2. The number of nitrogens with one attached hydrogen (secondary N) is 2. The van der Waals surface area contributed by atoms with E-state index < -0.39 is 0 Å². The van der Waals surface area contributed by atoms with Gasteiger partial charge < -0.3 is 10.6 Å². The molecule has 1 aromatic rings. The molecule has 0 spiro atoms. The van der Waals surface area contributed by atoms with Gasteiger partial charge in [-0.15, -0.1) is 0 Å². The standard InChI is InChI=1S/C15H21IN2/c16-13-3-1-12(2-4-13)14-9-15(14)18-10-11-5-7-17-8-6-11/h1-4,11,14-15,17-18H,5-10H2/t14-,15+/m0/s1. The van der Waals surface area contributed by atoms with Gasteiger partial charge in [-0.2, -0.15) is 0 Å². The van der Waals surface area contributed by atoms with Crippen LogP contribution in [0.15, 0.2) is 24.3 Å². The normalized spacial score (nSPS) is 28.3.